The number of nitrogens with two attached hydrogens (primary N) is 1. The summed E-state index contributed by atoms with van der Waals surface area (Å²) < 4.78 is 6.57. The molecule has 0 amide bonds. The van der Waals surface area contributed by atoms with Gasteiger partial charge in [0.1, 0.15) is 5.75 Å². The van der Waals surface area contributed by atoms with Crippen LogP contribution in [-0.4, -0.2) is 56.7 Å². The van der Waals surface area contributed by atoms with Gasteiger partial charge in [-0.1, -0.05) is 15.9 Å². The van der Waals surface area contributed by atoms with Crippen LogP contribution in [0.5, 0.6) is 5.75 Å². The summed E-state index contributed by atoms with van der Waals surface area (Å²) in [6.07, 6.45) is 2.57. The van der Waals surface area contributed by atoms with E-state index in [2.05, 4.69) is 45.9 Å². The Morgan fingerprint density at radius 1 is 1.52 bits per heavy atom. The van der Waals surface area contributed by atoms with Gasteiger partial charge in [0.25, 0.3) is 0 Å². The molecule has 0 bridgehead atoms. The van der Waals surface area contributed by atoms with Gasteiger partial charge in [-0.25, -0.2) is 0 Å². The molecule has 1 aromatic carbocycles. The number of hydrogen-bond acceptors (Lipinski definition) is 4. The van der Waals surface area contributed by atoms with Crippen LogP contribution in [0.1, 0.15) is 24.4 Å². The predicted molar refractivity (Wildman–Crippen MR) is 90.8 cm³/mol. The van der Waals surface area contributed by atoms with Gasteiger partial charge in [0, 0.05) is 29.2 Å². The molecule has 1 heterocycles. The maximum Gasteiger partial charge on any atom is 0.123 e. The predicted octanol–water partition coefficient (Wildman–Crippen LogP) is 2.48. The van der Waals surface area contributed by atoms with Crippen LogP contribution >= 0.6 is 15.9 Å². The quantitative estimate of drug-likeness (QED) is 0.850. The summed E-state index contributed by atoms with van der Waals surface area (Å²) in [4.78, 5) is 4.80. The van der Waals surface area contributed by atoms with E-state index in [9.17, 15) is 0 Å². The number of ether oxygens (including phenoxy) is 1. The molecular weight excluding hydrogens is 330 g/mol. The zero-order chi connectivity index (χ0) is 15.4. The minimum atomic E-state index is 0.173. The van der Waals surface area contributed by atoms with Gasteiger partial charge in [-0.2, -0.15) is 0 Å². The van der Waals surface area contributed by atoms with Crippen LogP contribution in [0.3, 0.4) is 0 Å². The third-order valence-electron chi connectivity index (χ3n) is 4.48. The van der Waals surface area contributed by atoms with Crippen molar-refractivity contribution < 1.29 is 4.74 Å². The molecular formula is C16H26BrN3O. The molecule has 0 spiro atoms. The molecule has 0 aromatic heterocycles. The summed E-state index contributed by atoms with van der Waals surface area (Å²) >= 11 is 3.55. The Hall–Kier alpha value is -0.620. The van der Waals surface area contributed by atoms with E-state index < -0.39 is 0 Å². The Morgan fingerprint density at radius 2 is 2.29 bits per heavy atom. The standard InChI is InChI=1S/C16H26BrN3O/c1-19-8-4-5-13(19)11-20(2)15(10-18)14-9-12(17)6-7-16(14)21-3/h6-7,9,13,15H,4-5,8,10-11,18H2,1-3H3. The smallest absolute Gasteiger partial charge is 0.123 e. The second-order valence-electron chi connectivity index (χ2n) is 5.85. The molecule has 21 heavy (non-hydrogen) atoms. The molecule has 1 aromatic rings. The van der Waals surface area contributed by atoms with Gasteiger partial charge in [0.15, 0.2) is 0 Å². The van der Waals surface area contributed by atoms with Crippen molar-refractivity contribution in [3.8, 4) is 5.75 Å². The number of methoxy groups -OCH3 is 1. The fourth-order valence-corrected chi connectivity index (χ4v) is 3.56. The normalized spacial score (nSPS) is 21.0. The zero-order valence-electron chi connectivity index (χ0n) is 13.2. The molecule has 1 aliphatic rings. The third-order valence-corrected chi connectivity index (χ3v) is 4.97. The van der Waals surface area contributed by atoms with Crippen LogP contribution in [-0.2, 0) is 0 Å². The van der Waals surface area contributed by atoms with Gasteiger partial charge in [0.05, 0.1) is 13.2 Å². The SMILES string of the molecule is COc1ccc(Br)cc1C(CN)N(C)CC1CCCN1C. The minimum Gasteiger partial charge on any atom is -0.496 e. The highest BCUT2D eigenvalue weighted by Gasteiger charge is 2.26. The van der Waals surface area contributed by atoms with Crippen LogP contribution in [0, 0.1) is 0 Å². The lowest BCUT2D eigenvalue weighted by Crippen LogP contribution is -2.40. The number of halogens is 1. The molecule has 2 rings (SSSR count). The minimum absolute atomic E-state index is 0.173. The highest BCUT2D eigenvalue weighted by molar-refractivity contribution is 9.10. The van der Waals surface area contributed by atoms with E-state index in [4.69, 9.17) is 10.5 Å². The Morgan fingerprint density at radius 3 is 2.86 bits per heavy atom. The Bertz CT molecular complexity index is 469. The van der Waals surface area contributed by atoms with E-state index in [1.54, 1.807) is 7.11 Å². The molecule has 1 fully saturated rings. The van der Waals surface area contributed by atoms with Gasteiger partial charge >= 0.3 is 0 Å². The van der Waals surface area contributed by atoms with Crippen molar-refractivity contribution in [1.29, 1.82) is 0 Å². The van der Waals surface area contributed by atoms with Gasteiger partial charge in [0.2, 0.25) is 0 Å². The van der Waals surface area contributed by atoms with E-state index in [-0.39, 0.29) is 6.04 Å². The van der Waals surface area contributed by atoms with Crippen molar-refractivity contribution in [2.24, 2.45) is 5.73 Å². The van der Waals surface area contributed by atoms with Crippen molar-refractivity contribution in [1.82, 2.24) is 9.80 Å². The summed E-state index contributed by atoms with van der Waals surface area (Å²) in [6, 6.07) is 6.91. The molecule has 1 aliphatic heterocycles. The molecule has 2 N–H and O–H groups in total. The van der Waals surface area contributed by atoms with E-state index in [1.165, 1.54) is 19.4 Å². The van der Waals surface area contributed by atoms with Crippen LogP contribution in [0.4, 0.5) is 0 Å². The maximum absolute atomic E-state index is 6.06. The molecule has 0 saturated carbocycles. The maximum atomic E-state index is 6.06. The van der Waals surface area contributed by atoms with Gasteiger partial charge < -0.3 is 15.4 Å². The topological polar surface area (TPSA) is 41.7 Å². The first kappa shape index (κ1) is 16.7. The molecule has 1 saturated heterocycles. The second kappa shape index (κ2) is 7.58. The Kier molecular flexibility index (Phi) is 6.05. The van der Waals surface area contributed by atoms with Crippen LogP contribution < -0.4 is 10.5 Å². The van der Waals surface area contributed by atoms with Gasteiger partial charge in [-0.15, -0.1) is 0 Å². The van der Waals surface area contributed by atoms with Crippen molar-refractivity contribution in [2.45, 2.75) is 24.9 Å². The van der Waals surface area contributed by atoms with E-state index in [0.717, 1.165) is 22.3 Å². The van der Waals surface area contributed by atoms with Crippen LogP contribution in [0.15, 0.2) is 22.7 Å². The van der Waals surface area contributed by atoms with E-state index in [0.29, 0.717) is 12.6 Å². The number of rotatable bonds is 6. The second-order valence-corrected chi connectivity index (χ2v) is 6.77. The summed E-state index contributed by atoms with van der Waals surface area (Å²) in [6.45, 7) is 2.82. The summed E-state index contributed by atoms with van der Waals surface area (Å²) in [7, 11) is 6.08. The highest BCUT2D eigenvalue weighted by Crippen LogP contribution is 2.31. The molecule has 118 valence electrons. The first-order valence-electron chi connectivity index (χ1n) is 7.50. The number of nitrogens with zero attached hydrogens (tertiary/aromatic N) is 2. The van der Waals surface area contributed by atoms with Crippen LogP contribution in [0.2, 0.25) is 0 Å². The monoisotopic (exact) mass is 355 g/mol. The van der Waals surface area contributed by atoms with E-state index >= 15 is 0 Å². The van der Waals surface area contributed by atoms with Crippen LogP contribution in [0.25, 0.3) is 0 Å². The average molecular weight is 356 g/mol. The fraction of sp³-hybridized carbons (Fsp3) is 0.625. The number of likely N-dealkylation sites (tertiary alicyclic amines) is 1. The van der Waals surface area contributed by atoms with Crippen molar-refractivity contribution in [2.75, 3.05) is 40.8 Å². The number of benzene rings is 1. The first-order chi connectivity index (χ1) is 10.1. The summed E-state index contributed by atoms with van der Waals surface area (Å²) in [5.41, 5.74) is 7.21. The van der Waals surface area contributed by atoms with Crippen molar-refractivity contribution in [3.63, 3.8) is 0 Å². The lowest BCUT2D eigenvalue weighted by Gasteiger charge is -2.32. The van der Waals surface area contributed by atoms with Crippen molar-refractivity contribution in [3.05, 3.63) is 28.2 Å². The number of hydrogen-bond donors (Lipinski definition) is 1. The summed E-state index contributed by atoms with van der Waals surface area (Å²) in [5, 5.41) is 0. The van der Waals surface area contributed by atoms with E-state index in [1.807, 2.05) is 12.1 Å². The fourth-order valence-electron chi connectivity index (χ4n) is 3.18. The molecule has 5 heteroatoms. The lowest BCUT2D eigenvalue weighted by atomic mass is 10.0. The Labute approximate surface area is 136 Å². The largest absolute Gasteiger partial charge is 0.496 e. The van der Waals surface area contributed by atoms with Gasteiger partial charge in [-0.3, -0.25) is 4.90 Å². The third kappa shape index (κ3) is 3.97. The summed E-state index contributed by atoms with van der Waals surface area (Å²) in [5.74, 6) is 0.903. The number of likely N-dealkylation sites (N-methyl/N-ethyl adjacent to an activating group) is 2. The first-order valence-corrected chi connectivity index (χ1v) is 8.30. The molecule has 0 aliphatic carbocycles. The average Bonchev–Trinajstić information content (AvgIpc) is 2.85. The lowest BCUT2D eigenvalue weighted by molar-refractivity contribution is 0.177. The zero-order valence-corrected chi connectivity index (χ0v) is 14.8. The highest BCUT2D eigenvalue weighted by atomic mass is 79.9. The van der Waals surface area contributed by atoms with Crippen molar-refractivity contribution >= 4 is 15.9 Å². The Balaban J connectivity index is 2.16. The molecule has 2 atom stereocenters. The van der Waals surface area contributed by atoms with Gasteiger partial charge in [-0.05, 0) is 51.7 Å². The molecule has 0 radical (unpaired) electrons. The molecule has 2 unspecified atom stereocenters. The molecule has 4 nitrogen and oxygen atoms in total.